The zero-order chi connectivity index (χ0) is 21.0. The van der Waals surface area contributed by atoms with Crippen LogP contribution < -0.4 is 20.3 Å². The van der Waals surface area contributed by atoms with Gasteiger partial charge in [-0.25, -0.2) is 0 Å². The molecule has 2 aromatic carbocycles. The predicted octanol–water partition coefficient (Wildman–Crippen LogP) is 3.17. The Balaban J connectivity index is 1.72. The van der Waals surface area contributed by atoms with Crippen molar-refractivity contribution < 1.29 is 19.2 Å². The number of carbonyl (C=O) groups excluding carboxylic acids is 2. The third-order valence-electron chi connectivity index (χ3n) is 4.64. The molecule has 1 atom stereocenters. The van der Waals surface area contributed by atoms with Gasteiger partial charge in [-0.3, -0.25) is 19.7 Å². The minimum atomic E-state index is -0.621. The molecule has 1 aliphatic heterocycles. The maximum absolute atomic E-state index is 12.5. The van der Waals surface area contributed by atoms with Crippen LogP contribution in [0, 0.1) is 10.1 Å². The van der Waals surface area contributed by atoms with Gasteiger partial charge in [0.25, 0.3) is 5.69 Å². The van der Waals surface area contributed by atoms with Crippen molar-refractivity contribution in [3.05, 3.63) is 52.6 Å². The number of nitrogens with one attached hydrogen (secondary N) is 2. The van der Waals surface area contributed by atoms with Gasteiger partial charge in [0.2, 0.25) is 11.8 Å². The van der Waals surface area contributed by atoms with Gasteiger partial charge in [0.15, 0.2) is 0 Å². The predicted molar refractivity (Wildman–Crippen MR) is 109 cm³/mol. The molecular weight excluding hydrogens is 376 g/mol. The average Bonchev–Trinajstić information content (AvgIpc) is 3.13. The summed E-state index contributed by atoms with van der Waals surface area (Å²) in [5, 5.41) is 16.6. The lowest BCUT2D eigenvalue weighted by Crippen LogP contribution is -2.32. The van der Waals surface area contributed by atoms with E-state index >= 15 is 0 Å². The average molecular weight is 398 g/mol. The van der Waals surface area contributed by atoms with Crippen LogP contribution in [0.2, 0.25) is 0 Å². The molecule has 2 aromatic rings. The summed E-state index contributed by atoms with van der Waals surface area (Å²) in [7, 11) is 1.54. The van der Waals surface area contributed by atoms with Crippen molar-refractivity contribution in [3.63, 3.8) is 0 Å². The Kier molecular flexibility index (Phi) is 5.96. The lowest BCUT2D eigenvalue weighted by atomic mass is 10.2. The highest BCUT2D eigenvalue weighted by molar-refractivity contribution is 5.98. The van der Waals surface area contributed by atoms with Crippen LogP contribution in [0.25, 0.3) is 0 Å². The maximum atomic E-state index is 12.5. The van der Waals surface area contributed by atoms with Gasteiger partial charge in [-0.15, -0.1) is 0 Å². The summed E-state index contributed by atoms with van der Waals surface area (Å²) in [4.78, 5) is 36.6. The van der Waals surface area contributed by atoms with Crippen molar-refractivity contribution >= 4 is 34.6 Å². The van der Waals surface area contributed by atoms with Crippen molar-refractivity contribution in [1.82, 2.24) is 0 Å². The summed E-state index contributed by atoms with van der Waals surface area (Å²) in [5.74, 6) is 0.275. The molecule has 2 amide bonds. The zero-order valence-corrected chi connectivity index (χ0v) is 16.2. The number of non-ortho nitro benzene ring substituents is 1. The van der Waals surface area contributed by atoms with E-state index in [0.29, 0.717) is 35.8 Å². The second-order valence-corrected chi connectivity index (χ2v) is 6.70. The highest BCUT2D eigenvalue weighted by atomic mass is 16.6. The summed E-state index contributed by atoms with van der Waals surface area (Å²) < 4.78 is 5.37. The van der Waals surface area contributed by atoms with Crippen LogP contribution in [0.3, 0.4) is 0 Å². The van der Waals surface area contributed by atoms with E-state index in [2.05, 4.69) is 10.6 Å². The van der Waals surface area contributed by atoms with Gasteiger partial charge < -0.3 is 20.3 Å². The van der Waals surface area contributed by atoms with Crippen LogP contribution >= 0.6 is 0 Å². The Morgan fingerprint density at radius 1 is 1.24 bits per heavy atom. The number of ether oxygens (including phenoxy) is 1. The quantitative estimate of drug-likeness (QED) is 0.547. The lowest BCUT2D eigenvalue weighted by molar-refractivity contribution is -0.384. The fourth-order valence-electron chi connectivity index (χ4n) is 3.16. The lowest BCUT2D eigenvalue weighted by Gasteiger charge is -2.21. The van der Waals surface area contributed by atoms with Crippen molar-refractivity contribution in [2.75, 3.05) is 29.2 Å². The highest BCUT2D eigenvalue weighted by Crippen LogP contribution is 2.34. The van der Waals surface area contributed by atoms with Gasteiger partial charge in [-0.05, 0) is 37.6 Å². The second kappa shape index (κ2) is 8.59. The Hall–Kier alpha value is -3.62. The fraction of sp³-hybridized carbons (Fsp3) is 0.300. The molecule has 1 unspecified atom stereocenters. The number of nitro benzene ring substituents is 1. The number of carbonyl (C=O) groups is 2. The smallest absolute Gasteiger partial charge is 0.271 e. The standard InChI is InChI=1S/C20H22N4O5/c1-13(20(26)22-14-5-3-6-16(11-14)24(27)28)21-15-8-9-18(29-2)17(12-15)23-10-4-7-19(23)25/h3,5-6,8-9,11-13,21H,4,7,10H2,1-2H3,(H,22,26). The molecule has 0 aromatic heterocycles. The number of nitro groups is 1. The first kappa shape index (κ1) is 20.1. The first-order valence-electron chi connectivity index (χ1n) is 9.19. The van der Waals surface area contributed by atoms with E-state index in [4.69, 9.17) is 4.74 Å². The molecule has 1 fully saturated rings. The summed E-state index contributed by atoms with van der Waals surface area (Å²) in [6, 6.07) is 10.4. The van der Waals surface area contributed by atoms with Crippen molar-refractivity contribution in [3.8, 4) is 5.75 Å². The first-order valence-corrected chi connectivity index (χ1v) is 9.19. The molecule has 9 heteroatoms. The number of hydrogen-bond donors (Lipinski definition) is 2. The van der Waals surface area contributed by atoms with Crippen LogP contribution in [-0.2, 0) is 9.59 Å². The van der Waals surface area contributed by atoms with Gasteiger partial charge in [0, 0.05) is 36.5 Å². The monoisotopic (exact) mass is 398 g/mol. The first-order chi connectivity index (χ1) is 13.9. The molecule has 0 aliphatic carbocycles. The van der Waals surface area contributed by atoms with Crippen molar-refractivity contribution in [1.29, 1.82) is 0 Å². The number of hydrogen-bond acceptors (Lipinski definition) is 6. The molecule has 2 N–H and O–H groups in total. The minimum absolute atomic E-state index is 0.0388. The maximum Gasteiger partial charge on any atom is 0.271 e. The van der Waals surface area contributed by atoms with E-state index in [1.807, 2.05) is 0 Å². The third-order valence-corrected chi connectivity index (χ3v) is 4.64. The number of benzene rings is 2. The summed E-state index contributed by atoms with van der Waals surface area (Å²) in [5.41, 5.74) is 1.56. The third kappa shape index (κ3) is 4.63. The number of anilines is 3. The van der Waals surface area contributed by atoms with Crippen LogP contribution in [0.5, 0.6) is 5.75 Å². The topological polar surface area (TPSA) is 114 Å². The highest BCUT2D eigenvalue weighted by Gasteiger charge is 2.25. The van der Waals surface area contributed by atoms with E-state index in [1.165, 1.54) is 18.2 Å². The van der Waals surface area contributed by atoms with E-state index in [0.717, 1.165) is 6.42 Å². The number of rotatable bonds is 7. The second-order valence-electron chi connectivity index (χ2n) is 6.70. The normalized spacial score (nSPS) is 14.4. The van der Waals surface area contributed by atoms with Crippen LogP contribution in [0.15, 0.2) is 42.5 Å². The Labute approximate surface area is 167 Å². The van der Waals surface area contributed by atoms with E-state index < -0.39 is 11.0 Å². The van der Waals surface area contributed by atoms with Crippen LogP contribution in [-0.4, -0.2) is 36.4 Å². The largest absolute Gasteiger partial charge is 0.495 e. The van der Waals surface area contributed by atoms with Crippen LogP contribution in [0.1, 0.15) is 19.8 Å². The summed E-state index contributed by atoms with van der Waals surface area (Å²) in [6.07, 6.45) is 1.30. The molecule has 1 heterocycles. The number of nitrogens with zero attached hydrogens (tertiary/aromatic N) is 2. The Morgan fingerprint density at radius 2 is 2.03 bits per heavy atom. The molecule has 29 heavy (non-hydrogen) atoms. The van der Waals surface area contributed by atoms with Gasteiger partial charge in [0.05, 0.1) is 17.7 Å². The fourth-order valence-corrected chi connectivity index (χ4v) is 3.16. The van der Waals surface area contributed by atoms with Gasteiger partial charge in [-0.2, -0.15) is 0 Å². The summed E-state index contributed by atoms with van der Waals surface area (Å²) in [6.45, 7) is 2.30. The van der Waals surface area contributed by atoms with Gasteiger partial charge in [0.1, 0.15) is 11.8 Å². The molecule has 152 valence electrons. The molecule has 0 bridgehead atoms. The number of methoxy groups -OCH3 is 1. The molecule has 1 saturated heterocycles. The van der Waals surface area contributed by atoms with E-state index in [1.54, 1.807) is 43.2 Å². The van der Waals surface area contributed by atoms with Gasteiger partial charge in [-0.1, -0.05) is 6.07 Å². The molecule has 0 saturated carbocycles. The number of amides is 2. The SMILES string of the molecule is COc1ccc(NC(C)C(=O)Nc2cccc([N+](=O)[O-])c2)cc1N1CCCC1=O. The minimum Gasteiger partial charge on any atom is -0.495 e. The van der Waals surface area contributed by atoms with E-state index in [9.17, 15) is 19.7 Å². The molecule has 1 aliphatic rings. The Bertz CT molecular complexity index is 946. The molecular formula is C20H22N4O5. The van der Waals surface area contributed by atoms with Crippen molar-refractivity contribution in [2.45, 2.75) is 25.8 Å². The Morgan fingerprint density at radius 3 is 2.69 bits per heavy atom. The van der Waals surface area contributed by atoms with Crippen LogP contribution in [0.4, 0.5) is 22.7 Å². The molecule has 0 radical (unpaired) electrons. The molecule has 0 spiro atoms. The van der Waals surface area contributed by atoms with Gasteiger partial charge >= 0.3 is 0 Å². The molecule has 9 nitrogen and oxygen atoms in total. The summed E-state index contributed by atoms with van der Waals surface area (Å²) >= 11 is 0. The molecule has 3 rings (SSSR count). The van der Waals surface area contributed by atoms with Crippen molar-refractivity contribution in [2.24, 2.45) is 0 Å². The zero-order valence-electron chi connectivity index (χ0n) is 16.2. The van der Waals surface area contributed by atoms with E-state index in [-0.39, 0.29) is 17.5 Å².